The molecular weight excluding hydrogens is 827 g/mol. The van der Waals surface area contributed by atoms with Gasteiger partial charge in [0, 0.05) is 29.8 Å². The van der Waals surface area contributed by atoms with E-state index in [1.807, 2.05) is 43.7 Å². The number of ether oxygens (including phenoxy) is 4. The van der Waals surface area contributed by atoms with Crippen LogP contribution in [0.25, 0.3) is 33.2 Å². The molecule has 0 unspecified atom stereocenters. The molecule has 9 rings (SSSR count). The summed E-state index contributed by atoms with van der Waals surface area (Å²) in [5.41, 5.74) is 7.99. The van der Waals surface area contributed by atoms with Gasteiger partial charge < -0.3 is 44.4 Å². The van der Waals surface area contributed by atoms with Crippen LogP contribution in [-0.4, -0.2) is 106 Å². The molecule has 344 valence electrons. The van der Waals surface area contributed by atoms with Gasteiger partial charge in [0.1, 0.15) is 30.3 Å². The zero-order valence-corrected chi connectivity index (χ0v) is 38.6. The largest absolute Gasteiger partial charge is 0.488 e. The number of amides is 4. The molecule has 3 N–H and O–H groups in total. The third kappa shape index (κ3) is 8.32. The van der Waals surface area contributed by atoms with Gasteiger partial charge in [0.05, 0.1) is 56.1 Å². The number of likely N-dealkylation sites (tertiary alicyclic amines) is 2. The van der Waals surface area contributed by atoms with E-state index in [2.05, 4.69) is 71.9 Å². The van der Waals surface area contributed by atoms with Crippen LogP contribution >= 0.6 is 0 Å². The quantitative estimate of drug-likeness (QED) is 0.150. The fraction of sp³-hybridized carbons (Fsp3) is 0.520. The summed E-state index contributed by atoms with van der Waals surface area (Å²) in [4.78, 5) is 70.6. The zero-order chi connectivity index (χ0) is 45.8. The molecule has 8 atom stereocenters. The van der Waals surface area contributed by atoms with E-state index in [4.69, 9.17) is 28.9 Å². The lowest BCUT2D eigenvalue weighted by molar-refractivity contribution is -0.140. The van der Waals surface area contributed by atoms with Gasteiger partial charge in [0.15, 0.2) is 0 Å². The summed E-state index contributed by atoms with van der Waals surface area (Å²) in [6.45, 7) is 12.4. The second-order valence-corrected chi connectivity index (χ2v) is 19.1. The maximum Gasteiger partial charge on any atom is 0.407 e. The Kier molecular flexibility index (Phi) is 12.1. The number of benzene rings is 3. The van der Waals surface area contributed by atoms with Gasteiger partial charge in [-0.25, -0.2) is 14.6 Å². The molecule has 3 aromatic carbocycles. The van der Waals surface area contributed by atoms with Gasteiger partial charge in [-0.2, -0.15) is 0 Å². The van der Waals surface area contributed by atoms with Crippen LogP contribution in [0, 0.1) is 11.8 Å². The molecule has 3 saturated heterocycles. The molecule has 15 nitrogen and oxygen atoms in total. The highest BCUT2D eigenvalue weighted by atomic mass is 16.5. The Morgan fingerprint density at radius 1 is 0.815 bits per heavy atom. The predicted octanol–water partition coefficient (Wildman–Crippen LogP) is 8.16. The van der Waals surface area contributed by atoms with E-state index in [9.17, 15) is 19.2 Å². The maximum atomic E-state index is 14.5. The molecule has 0 spiro atoms. The number of nitrogens with zero attached hydrogens (tertiary/aromatic N) is 4. The summed E-state index contributed by atoms with van der Waals surface area (Å²) in [6, 6.07) is 13.0. The molecule has 65 heavy (non-hydrogen) atoms. The Morgan fingerprint density at radius 3 is 2.22 bits per heavy atom. The molecule has 15 heteroatoms. The molecular formula is C50H61N7O8. The van der Waals surface area contributed by atoms with Crippen molar-refractivity contribution >= 4 is 46.2 Å². The summed E-state index contributed by atoms with van der Waals surface area (Å²) in [6.07, 6.45) is 5.70. The predicted molar refractivity (Wildman–Crippen MR) is 246 cm³/mol. The SMILES string of the molecule is COC(=O)N[C@H](C(=O)N1[C@@H](C)CC[C@H]1C1=Nc2ccc3cc4c(cc3c2C1)OCc1cc(-c2cnc([C@@H]3CC[C@H](C)N3C(=O)[C@@H](NC(=O)OC)C3C[C@@H](C)O[C@H](C)C3)[nH]2)ccc1-4)C(C)C. The van der Waals surface area contributed by atoms with Crippen molar-refractivity contribution in [1.82, 2.24) is 30.4 Å². The minimum atomic E-state index is -0.743. The van der Waals surface area contributed by atoms with Crippen molar-refractivity contribution in [1.29, 1.82) is 0 Å². The van der Waals surface area contributed by atoms with E-state index in [1.165, 1.54) is 14.2 Å². The first kappa shape index (κ1) is 44.3. The summed E-state index contributed by atoms with van der Waals surface area (Å²) >= 11 is 0. The number of carbonyl (C=O) groups excluding carboxylic acids is 4. The number of methoxy groups -OCH3 is 2. The van der Waals surface area contributed by atoms with Gasteiger partial charge in [-0.3, -0.25) is 14.6 Å². The van der Waals surface area contributed by atoms with Gasteiger partial charge in [-0.15, -0.1) is 0 Å². The van der Waals surface area contributed by atoms with Crippen LogP contribution in [0.4, 0.5) is 15.3 Å². The number of hydrogen-bond acceptors (Lipinski definition) is 10. The minimum Gasteiger partial charge on any atom is -0.488 e. The number of aliphatic imine (C=N–C) groups is 1. The molecule has 0 saturated carbocycles. The van der Waals surface area contributed by atoms with Crippen molar-refractivity contribution in [2.75, 3.05) is 14.2 Å². The van der Waals surface area contributed by atoms with Crippen LogP contribution in [0.5, 0.6) is 5.75 Å². The molecule has 1 aromatic heterocycles. The number of aromatic amines is 1. The van der Waals surface area contributed by atoms with Crippen molar-refractivity contribution < 1.29 is 38.1 Å². The summed E-state index contributed by atoms with van der Waals surface area (Å²) in [5, 5.41) is 7.81. The summed E-state index contributed by atoms with van der Waals surface area (Å²) in [7, 11) is 2.62. The van der Waals surface area contributed by atoms with Crippen molar-refractivity contribution in [3.05, 3.63) is 65.6 Å². The van der Waals surface area contributed by atoms with E-state index in [1.54, 1.807) is 0 Å². The van der Waals surface area contributed by atoms with Crippen LogP contribution in [0.2, 0.25) is 0 Å². The highest BCUT2D eigenvalue weighted by Crippen LogP contribution is 2.45. The summed E-state index contributed by atoms with van der Waals surface area (Å²) in [5.74, 6) is 1.08. The molecule has 4 amide bonds. The van der Waals surface area contributed by atoms with Crippen LogP contribution in [0.3, 0.4) is 0 Å². The smallest absolute Gasteiger partial charge is 0.407 e. The number of imidazole rings is 1. The molecule has 4 aromatic rings. The maximum absolute atomic E-state index is 14.5. The van der Waals surface area contributed by atoms with Crippen molar-refractivity contribution in [2.45, 2.75) is 142 Å². The number of aromatic nitrogens is 2. The Bertz CT molecular complexity index is 2540. The first-order valence-electron chi connectivity index (χ1n) is 23.2. The van der Waals surface area contributed by atoms with Crippen LogP contribution in [-0.2, 0) is 36.8 Å². The molecule has 3 fully saturated rings. The Hall–Kier alpha value is -5.96. The van der Waals surface area contributed by atoms with E-state index in [0.717, 1.165) is 87.1 Å². The second kappa shape index (κ2) is 17.8. The molecule has 0 radical (unpaired) electrons. The van der Waals surface area contributed by atoms with Crippen LogP contribution < -0.4 is 15.4 Å². The van der Waals surface area contributed by atoms with Gasteiger partial charge in [-0.1, -0.05) is 32.0 Å². The number of fused-ring (bicyclic) bond motifs is 6. The second-order valence-electron chi connectivity index (χ2n) is 19.1. The average Bonchev–Trinajstić information content (AvgIpc) is 4.11. The molecule has 0 bridgehead atoms. The molecule has 5 aliphatic heterocycles. The van der Waals surface area contributed by atoms with Crippen molar-refractivity contribution in [3.63, 3.8) is 0 Å². The highest BCUT2D eigenvalue weighted by Gasteiger charge is 2.45. The lowest BCUT2D eigenvalue weighted by Crippen LogP contribution is -2.55. The molecule has 5 aliphatic rings. The van der Waals surface area contributed by atoms with Crippen molar-refractivity contribution in [3.8, 4) is 28.1 Å². The van der Waals surface area contributed by atoms with Crippen LogP contribution in [0.1, 0.15) is 103 Å². The van der Waals surface area contributed by atoms with E-state index >= 15 is 0 Å². The normalized spacial score (nSPS) is 25.6. The highest BCUT2D eigenvalue weighted by molar-refractivity contribution is 6.06. The monoisotopic (exact) mass is 887 g/mol. The fourth-order valence-corrected chi connectivity index (χ4v) is 11.2. The average molecular weight is 888 g/mol. The Balaban J connectivity index is 0.932. The number of nitrogens with one attached hydrogen (secondary N) is 3. The number of H-pyrrole nitrogens is 1. The van der Waals surface area contributed by atoms with Gasteiger partial charge in [-0.05, 0) is 135 Å². The van der Waals surface area contributed by atoms with Crippen molar-refractivity contribution in [2.24, 2.45) is 16.8 Å². The lowest BCUT2D eigenvalue weighted by atomic mass is 9.85. The third-order valence-electron chi connectivity index (χ3n) is 14.4. The topological polar surface area (TPSA) is 177 Å². The summed E-state index contributed by atoms with van der Waals surface area (Å²) < 4.78 is 22.3. The zero-order valence-electron chi connectivity index (χ0n) is 38.6. The minimum absolute atomic E-state index is 0.0108. The van der Waals surface area contributed by atoms with E-state index < -0.39 is 24.3 Å². The molecule has 0 aliphatic carbocycles. The fourth-order valence-electron chi connectivity index (χ4n) is 11.2. The number of hydrogen-bond donors (Lipinski definition) is 3. The van der Waals surface area contributed by atoms with Crippen LogP contribution in [0.15, 0.2) is 53.7 Å². The van der Waals surface area contributed by atoms with E-state index in [0.29, 0.717) is 31.7 Å². The Labute approximate surface area is 380 Å². The standard InChI is InChI=1S/C50H61N7O8/c1-25(2)44(54-49(60)62-7)47(58)56-26(3)9-15-41(56)39-21-36-35-22-43-37(20-30(35)12-14-38(36)52-39)34-13-11-31(19-33(34)24-64-43)40-23-51-46(53-40)42-16-10-27(4)57(42)48(59)45(55-50(61)63-8)32-17-28(5)65-29(6)18-32/h11-14,19-20,22-23,25-29,32,41-42,44-45H,9-10,15-18,21,24H2,1-8H3,(H,51,53)(H,54,60)(H,55,61)/t26-,27-,28+,29+,41-,42-,44-,45-/m0/s1. The number of rotatable bonds is 9. The van der Waals surface area contributed by atoms with E-state index in [-0.39, 0.29) is 60.0 Å². The first-order valence-corrected chi connectivity index (χ1v) is 23.2. The number of alkyl carbamates (subject to hydrolysis) is 2. The third-order valence-corrected chi connectivity index (χ3v) is 14.4. The van der Waals surface area contributed by atoms with Gasteiger partial charge in [0.2, 0.25) is 11.8 Å². The first-order chi connectivity index (χ1) is 31.2. The van der Waals surface area contributed by atoms with Gasteiger partial charge >= 0.3 is 12.2 Å². The molecule has 6 heterocycles. The Morgan fingerprint density at radius 2 is 1.51 bits per heavy atom. The number of carbonyl (C=O) groups is 4. The lowest BCUT2D eigenvalue weighted by Gasteiger charge is -2.39. The van der Waals surface area contributed by atoms with Gasteiger partial charge in [0.25, 0.3) is 0 Å².